The Kier molecular flexibility index (Phi) is 5.41. The third-order valence-corrected chi connectivity index (χ3v) is 4.78. The predicted molar refractivity (Wildman–Crippen MR) is 102 cm³/mol. The van der Waals surface area contributed by atoms with E-state index in [-0.39, 0.29) is 29.4 Å². The fraction of sp³-hybridized carbons (Fsp3) is 0.300. The number of hydrogen-bond donors (Lipinski definition) is 4. The van der Waals surface area contributed by atoms with E-state index >= 15 is 0 Å². The maximum Gasteiger partial charge on any atom is 0.227 e. The summed E-state index contributed by atoms with van der Waals surface area (Å²) in [5, 5.41) is 15.1. The van der Waals surface area contributed by atoms with Gasteiger partial charge in [0.1, 0.15) is 5.75 Å². The second-order valence-corrected chi connectivity index (χ2v) is 6.70. The first-order valence-electron chi connectivity index (χ1n) is 8.77. The van der Waals surface area contributed by atoms with Crippen molar-refractivity contribution in [2.75, 3.05) is 16.4 Å². The summed E-state index contributed by atoms with van der Waals surface area (Å²) in [6.07, 6.45) is 2.75. The van der Waals surface area contributed by atoms with E-state index in [0.717, 1.165) is 5.69 Å². The Balaban J connectivity index is 1.48. The number of nitrogens with two attached hydrogens (primary N) is 1. The van der Waals surface area contributed by atoms with Gasteiger partial charge in [-0.2, -0.15) is 0 Å². The topological polar surface area (TPSA) is 104 Å². The molecule has 0 atom stereocenters. The molecule has 0 bridgehead atoms. The summed E-state index contributed by atoms with van der Waals surface area (Å²) >= 11 is 0. The molecule has 2 amide bonds. The monoisotopic (exact) mass is 353 g/mol. The normalized spacial score (nSPS) is 19.5. The second-order valence-electron chi connectivity index (χ2n) is 6.70. The number of carbonyl (C=O) groups excluding carboxylic acids is 2. The van der Waals surface area contributed by atoms with E-state index in [1.54, 1.807) is 36.4 Å². The Morgan fingerprint density at radius 2 is 1.15 bits per heavy atom. The van der Waals surface area contributed by atoms with Gasteiger partial charge in [-0.25, -0.2) is 0 Å². The van der Waals surface area contributed by atoms with Gasteiger partial charge in [0.15, 0.2) is 0 Å². The second kappa shape index (κ2) is 7.91. The van der Waals surface area contributed by atoms with Crippen molar-refractivity contribution in [3.05, 3.63) is 48.5 Å². The minimum atomic E-state index is -0.0932. The van der Waals surface area contributed by atoms with Crippen molar-refractivity contribution in [3.63, 3.8) is 0 Å². The summed E-state index contributed by atoms with van der Waals surface area (Å²) in [4.78, 5) is 24.8. The molecule has 136 valence electrons. The van der Waals surface area contributed by atoms with E-state index in [9.17, 15) is 14.7 Å². The van der Waals surface area contributed by atoms with Crippen LogP contribution in [-0.2, 0) is 9.59 Å². The molecule has 2 aromatic carbocycles. The van der Waals surface area contributed by atoms with Crippen molar-refractivity contribution in [3.8, 4) is 5.75 Å². The van der Waals surface area contributed by atoms with Gasteiger partial charge < -0.3 is 21.5 Å². The summed E-state index contributed by atoms with van der Waals surface area (Å²) in [6.45, 7) is 0. The van der Waals surface area contributed by atoms with Gasteiger partial charge in [-0.3, -0.25) is 9.59 Å². The molecule has 3 rings (SSSR count). The number of rotatable bonds is 4. The molecule has 0 spiro atoms. The molecule has 0 aromatic heterocycles. The first kappa shape index (κ1) is 17.8. The van der Waals surface area contributed by atoms with Crippen LogP contribution in [0.25, 0.3) is 0 Å². The van der Waals surface area contributed by atoms with Gasteiger partial charge in [0, 0.05) is 28.9 Å². The first-order chi connectivity index (χ1) is 12.5. The van der Waals surface area contributed by atoms with Gasteiger partial charge in [-0.15, -0.1) is 0 Å². The fourth-order valence-corrected chi connectivity index (χ4v) is 3.22. The number of aromatic hydroxyl groups is 1. The van der Waals surface area contributed by atoms with Crippen LogP contribution >= 0.6 is 0 Å². The molecule has 6 nitrogen and oxygen atoms in total. The summed E-state index contributed by atoms with van der Waals surface area (Å²) in [6, 6.07) is 13.5. The summed E-state index contributed by atoms with van der Waals surface area (Å²) in [5.41, 5.74) is 7.69. The average Bonchev–Trinajstić information content (AvgIpc) is 2.65. The molecule has 0 unspecified atom stereocenters. The molecule has 0 aliphatic heterocycles. The number of nitrogen functional groups attached to an aromatic ring is 1. The minimum absolute atomic E-state index is 0.00726. The Morgan fingerprint density at radius 1 is 0.769 bits per heavy atom. The minimum Gasteiger partial charge on any atom is -0.508 e. The number of anilines is 3. The number of hydrogen-bond acceptors (Lipinski definition) is 4. The van der Waals surface area contributed by atoms with Crippen LogP contribution in [0.3, 0.4) is 0 Å². The van der Waals surface area contributed by atoms with Crippen LogP contribution in [0.5, 0.6) is 5.75 Å². The lowest BCUT2D eigenvalue weighted by Gasteiger charge is -2.27. The molecule has 26 heavy (non-hydrogen) atoms. The average molecular weight is 353 g/mol. The molecule has 1 aliphatic carbocycles. The molecule has 1 aliphatic rings. The van der Waals surface area contributed by atoms with E-state index in [4.69, 9.17) is 5.73 Å². The lowest BCUT2D eigenvalue weighted by atomic mass is 9.81. The van der Waals surface area contributed by atoms with Crippen LogP contribution < -0.4 is 16.4 Å². The van der Waals surface area contributed by atoms with Crippen molar-refractivity contribution in [2.45, 2.75) is 25.7 Å². The highest BCUT2D eigenvalue weighted by molar-refractivity contribution is 5.94. The van der Waals surface area contributed by atoms with E-state index < -0.39 is 0 Å². The first-order valence-corrected chi connectivity index (χ1v) is 8.77. The maximum atomic E-state index is 12.4. The Bertz CT molecular complexity index is 696. The standard InChI is InChI=1S/C20H23N3O3/c21-15-5-7-16(8-6-15)22-19(25)13-1-3-14(4-2-13)20(26)23-17-9-11-18(24)12-10-17/h5-14,24H,1-4,21H2,(H,22,25)(H,23,26). The zero-order valence-corrected chi connectivity index (χ0v) is 14.4. The highest BCUT2D eigenvalue weighted by Gasteiger charge is 2.30. The number of carbonyl (C=O) groups is 2. The molecule has 0 heterocycles. The quantitative estimate of drug-likeness (QED) is 0.500. The van der Waals surface area contributed by atoms with Gasteiger partial charge in [-0.1, -0.05) is 0 Å². The van der Waals surface area contributed by atoms with Gasteiger partial charge >= 0.3 is 0 Å². The van der Waals surface area contributed by atoms with E-state index in [2.05, 4.69) is 10.6 Å². The molecule has 0 saturated heterocycles. The van der Waals surface area contributed by atoms with Gasteiger partial charge in [0.2, 0.25) is 11.8 Å². The molecule has 0 radical (unpaired) electrons. The third-order valence-electron chi connectivity index (χ3n) is 4.78. The lowest BCUT2D eigenvalue weighted by Crippen LogP contribution is -2.32. The van der Waals surface area contributed by atoms with Crippen LogP contribution in [0.1, 0.15) is 25.7 Å². The van der Waals surface area contributed by atoms with Crippen molar-refractivity contribution < 1.29 is 14.7 Å². The molecule has 1 fully saturated rings. The van der Waals surface area contributed by atoms with Gasteiger partial charge in [0.05, 0.1) is 0 Å². The molecule has 1 saturated carbocycles. The lowest BCUT2D eigenvalue weighted by molar-refractivity contribution is -0.125. The number of benzene rings is 2. The van der Waals surface area contributed by atoms with Crippen molar-refractivity contribution in [1.29, 1.82) is 0 Å². The molecular formula is C20H23N3O3. The highest BCUT2D eigenvalue weighted by atomic mass is 16.3. The van der Waals surface area contributed by atoms with E-state index in [1.165, 1.54) is 12.1 Å². The summed E-state index contributed by atoms with van der Waals surface area (Å²) in [5.74, 6) is -0.0504. The van der Waals surface area contributed by atoms with Crippen LogP contribution in [0.2, 0.25) is 0 Å². The van der Waals surface area contributed by atoms with Crippen LogP contribution in [0, 0.1) is 11.8 Å². The molecule has 5 N–H and O–H groups in total. The summed E-state index contributed by atoms with van der Waals surface area (Å²) in [7, 11) is 0. The zero-order chi connectivity index (χ0) is 18.5. The Morgan fingerprint density at radius 3 is 1.58 bits per heavy atom. The predicted octanol–water partition coefficient (Wildman–Crippen LogP) is 3.36. The molecule has 2 aromatic rings. The molecule has 6 heteroatoms. The van der Waals surface area contributed by atoms with E-state index in [0.29, 0.717) is 37.1 Å². The largest absolute Gasteiger partial charge is 0.508 e. The van der Waals surface area contributed by atoms with E-state index in [1.807, 2.05) is 0 Å². The molecular weight excluding hydrogens is 330 g/mol. The van der Waals surface area contributed by atoms with Crippen LogP contribution in [-0.4, -0.2) is 16.9 Å². The van der Waals surface area contributed by atoms with Crippen LogP contribution in [0.15, 0.2) is 48.5 Å². The number of phenols is 1. The number of amides is 2. The summed E-state index contributed by atoms with van der Waals surface area (Å²) < 4.78 is 0. The van der Waals surface area contributed by atoms with Gasteiger partial charge in [0.25, 0.3) is 0 Å². The zero-order valence-electron chi connectivity index (χ0n) is 14.4. The highest BCUT2D eigenvalue weighted by Crippen LogP contribution is 2.30. The number of phenolic OH excluding ortho intramolecular Hbond substituents is 1. The maximum absolute atomic E-state index is 12.4. The number of nitrogens with one attached hydrogen (secondary N) is 2. The Hall–Kier alpha value is -3.02. The SMILES string of the molecule is Nc1ccc(NC(=O)C2CCC(C(=O)Nc3ccc(O)cc3)CC2)cc1. The fourth-order valence-electron chi connectivity index (χ4n) is 3.22. The van der Waals surface area contributed by atoms with Crippen molar-refractivity contribution >= 4 is 28.9 Å². The third kappa shape index (κ3) is 4.53. The van der Waals surface area contributed by atoms with Crippen LogP contribution in [0.4, 0.5) is 17.1 Å². The van der Waals surface area contributed by atoms with Gasteiger partial charge in [-0.05, 0) is 74.2 Å². The van der Waals surface area contributed by atoms with Crippen molar-refractivity contribution in [1.82, 2.24) is 0 Å². The Labute approximate surface area is 152 Å². The van der Waals surface area contributed by atoms with Crippen molar-refractivity contribution in [2.24, 2.45) is 11.8 Å². The smallest absolute Gasteiger partial charge is 0.227 e.